The minimum absolute atomic E-state index is 0.0213. The Labute approximate surface area is 232 Å². The van der Waals surface area contributed by atoms with Crippen molar-refractivity contribution in [3.05, 3.63) is 114 Å². The third-order valence-corrected chi connectivity index (χ3v) is 8.81. The van der Waals surface area contributed by atoms with Crippen molar-refractivity contribution in [3.8, 4) is 22.6 Å². The number of rotatable bonds is 6. The lowest BCUT2D eigenvalue weighted by molar-refractivity contribution is 0.472. The smallest absolute Gasteiger partial charge is 0.265 e. The number of aromatic nitrogens is 2. The van der Waals surface area contributed by atoms with Gasteiger partial charge in [0.1, 0.15) is 16.4 Å². The van der Waals surface area contributed by atoms with Crippen molar-refractivity contribution < 1.29 is 18.6 Å². The lowest BCUT2D eigenvalue weighted by Gasteiger charge is -2.17. The zero-order chi connectivity index (χ0) is 28.0. The topological polar surface area (TPSA) is 104 Å². The average Bonchev–Trinajstić information content (AvgIpc) is 3.24. The highest BCUT2D eigenvalue weighted by Gasteiger charge is 2.27. The Morgan fingerprint density at radius 1 is 0.800 bits per heavy atom. The van der Waals surface area contributed by atoms with Crippen LogP contribution in [0.15, 0.2) is 102 Å². The fourth-order valence-corrected chi connectivity index (χ4v) is 6.84. The molecule has 0 aliphatic carbocycles. The SMILES string of the molecule is Cc1nn(Cc2ccccc2)c(C)c1S(=O)(=O)Nc1cc(-c2c(O)ccc3ccccc23)c(O)c2ccccc12. The molecule has 6 rings (SSSR count). The van der Waals surface area contributed by atoms with Crippen LogP contribution in [0.1, 0.15) is 17.0 Å². The molecule has 1 aromatic heterocycles. The zero-order valence-electron chi connectivity index (χ0n) is 22.0. The van der Waals surface area contributed by atoms with Crippen molar-refractivity contribution >= 4 is 37.3 Å². The molecule has 3 N–H and O–H groups in total. The maximum Gasteiger partial charge on any atom is 0.265 e. The van der Waals surface area contributed by atoms with Gasteiger partial charge in [0, 0.05) is 21.9 Å². The van der Waals surface area contributed by atoms with Crippen LogP contribution in [0.2, 0.25) is 0 Å². The fourth-order valence-electron chi connectivity index (χ4n) is 5.35. The van der Waals surface area contributed by atoms with E-state index in [-0.39, 0.29) is 22.1 Å². The molecule has 0 amide bonds. The second kappa shape index (κ2) is 9.73. The third-order valence-electron chi connectivity index (χ3n) is 7.20. The van der Waals surface area contributed by atoms with E-state index in [9.17, 15) is 18.6 Å². The van der Waals surface area contributed by atoms with Crippen LogP contribution in [0.3, 0.4) is 0 Å². The molecule has 200 valence electrons. The van der Waals surface area contributed by atoms with Crippen LogP contribution in [-0.4, -0.2) is 28.4 Å². The molecule has 40 heavy (non-hydrogen) atoms. The number of nitrogens with one attached hydrogen (secondary N) is 1. The van der Waals surface area contributed by atoms with Gasteiger partial charge in [-0.05, 0) is 42.3 Å². The molecular weight excluding hydrogens is 522 g/mol. The molecule has 0 saturated carbocycles. The molecule has 5 aromatic carbocycles. The van der Waals surface area contributed by atoms with Gasteiger partial charge in [-0.25, -0.2) is 8.42 Å². The molecule has 0 unspecified atom stereocenters. The molecule has 0 saturated heterocycles. The highest BCUT2D eigenvalue weighted by Crippen LogP contribution is 2.46. The normalized spacial score (nSPS) is 11.8. The minimum Gasteiger partial charge on any atom is -0.507 e. The molecule has 0 fully saturated rings. The summed E-state index contributed by atoms with van der Waals surface area (Å²) < 4.78 is 32.2. The Kier molecular flexibility index (Phi) is 6.19. The Bertz CT molecular complexity index is 2020. The number of nitrogens with zero attached hydrogens (tertiary/aromatic N) is 2. The van der Waals surface area contributed by atoms with E-state index in [2.05, 4.69) is 9.82 Å². The number of phenols is 2. The van der Waals surface area contributed by atoms with E-state index in [1.165, 1.54) is 0 Å². The van der Waals surface area contributed by atoms with Gasteiger partial charge in [-0.3, -0.25) is 9.40 Å². The minimum atomic E-state index is -4.08. The largest absolute Gasteiger partial charge is 0.507 e. The number of aromatic hydroxyl groups is 2. The number of hydrogen-bond acceptors (Lipinski definition) is 5. The third kappa shape index (κ3) is 4.32. The van der Waals surface area contributed by atoms with Crippen LogP contribution >= 0.6 is 0 Å². The highest BCUT2D eigenvalue weighted by molar-refractivity contribution is 7.92. The van der Waals surface area contributed by atoms with E-state index in [0.29, 0.717) is 39.8 Å². The van der Waals surface area contributed by atoms with Gasteiger partial charge < -0.3 is 10.2 Å². The van der Waals surface area contributed by atoms with E-state index in [1.807, 2.05) is 54.6 Å². The first-order chi connectivity index (χ1) is 19.2. The maximum absolute atomic E-state index is 13.9. The first kappa shape index (κ1) is 25.5. The summed E-state index contributed by atoms with van der Waals surface area (Å²) in [5.74, 6) is -0.0693. The number of fused-ring (bicyclic) bond motifs is 2. The van der Waals surface area contributed by atoms with Crippen molar-refractivity contribution in [2.24, 2.45) is 0 Å². The summed E-state index contributed by atoms with van der Waals surface area (Å²) in [6, 6.07) is 29.2. The summed E-state index contributed by atoms with van der Waals surface area (Å²) in [4.78, 5) is 0.107. The number of anilines is 1. The second-order valence-electron chi connectivity index (χ2n) is 9.80. The summed E-state index contributed by atoms with van der Waals surface area (Å²) in [5, 5.41) is 29.4. The molecule has 0 radical (unpaired) electrons. The first-order valence-corrected chi connectivity index (χ1v) is 14.3. The fraction of sp³-hybridized carbons (Fsp3) is 0.0938. The Balaban J connectivity index is 1.50. The number of benzene rings is 5. The quantitative estimate of drug-likeness (QED) is 0.200. The van der Waals surface area contributed by atoms with Gasteiger partial charge >= 0.3 is 0 Å². The van der Waals surface area contributed by atoms with Crippen LogP contribution in [0, 0.1) is 13.8 Å². The van der Waals surface area contributed by atoms with Gasteiger partial charge in [0.05, 0.1) is 23.6 Å². The Hall–Kier alpha value is -4.82. The number of hydrogen-bond donors (Lipinski definition) is 3. The van der Waals surface area contributed by atoms with Gasteiger partial charge in [-0.15, -0.1) is 0 Å². The molecule has 0 spiro atoms. The summed E-state index contributed by atoms with van der Waals surface area (Å²) in [7, 11) is -4.08. The summed E-state index contributed by atoms with van der Waals surface area (Å²) >= 11 is 0. The predicted molar refractivity (Wildman–Crippen MR) is 158 cm³/mol. The Morgan fingerprint density at radius 2 is 1.45 bits per heavy atom. The van der Waals surface area contributed by atoms with E-state index in [1.54, 1.807) is 61.0 Å². The van der Waals surface area contributed by atoms with Gasteiger partial charge in [0.25, 0.3) is 10.0 Å². The number of aryl methyl sites for hydroxylation is 1. The monoisotopic (exact) mass is 549 g/mol. The molecule has 7 nitrogen and oxygen atoms in total. The van der Waals surface area contributed by atoms with Gasteiger partial charge in [0.2, 0.25) is 0 Å². The van der Waals surface area contributed by atoms with Gasteiger partial charge in [-0.1, -0.05) is 84.9 Å². The molecule has 0 atom stereocenters. The number of sulfonamides is 1. The average molecular weight is 550 g/mol. The molecule has 0 bridgehead atoms. The highest BCUT2D eigenvalue weighted by atomic mass is 32.2. The molecule has 0 aliphatic heterocycles. The predicted octanol–water partition coefficient (Wildman–Crippen LogP) is 6.73. The zero-order valence-corrected chi connectivity index (χ0v) is 22.8. The van der Waals surface area contributed by atoms with Crippen molar-refractivity contribution in [2.45, 2.75) is 25.3 Å². The van der Waals surface area contributed by atoms with Gasteiger partial charge in [-0.2, -0.15) is 5.10 Å². The van der Waals surface area contributed by atoms with Crippen LogP contribution < -0.4 is 4.72 Å². The Morgan fingerprint density at radius 3 is 2.20 bits per heavy atom. The van der Waals surface area contributed by atoms with Crippen molar-refractivity contribution in [2.75, 3.05) is 4.72 Å². The summed E-state index contributed by atoms with van der Waals surface area (Å²) in [6.07, 6.45) is 0. The molecule has 1 heterocycles. The van der Waals surface area contributed by atoms with Crippen LogP contribution in [0.25, 0.3) is 32.7 Å². The van der Waals surface area contributed by atoms with Gasteiger partial charge in [0.15, 0.2) is 0 Å². The first-order valence-electron chi connectivity index (χ1n) is 12.8. The lowest BCUT2D eigenvalue weighted by Crippen LogP contribution is -2.15. The van der Waals surface area contributed by atoms with Crippen molar-refractivity contribution in [3.63, 3.8) is 0 Å². The standard InChI is InChI=1S/C32H27N3O4S/c1-20-32(21(2)35(33-20)19-22-10-4-3-5-11-22)40(38,39)34-28-18-27(31(37)26-15-9-8-14-25(26)28)30-24-13-7-6-12-23(24)16-17-29(30)36/h3-18,34,36-37H,19H2,1-2H3. The summed E-state index contributed by atoms with van der Waals surface area (Å²) in [6.45, 7) is 3.86. The molecule has 0 aliphatic rings. The number of phenolic OH excluding ortho intramolecular Hbond substituents is 2. The molecule has 8 heteroatoms. The lowest BCUT2D eigenvalue weighted by atomic mass is 9.93. The maximum atomic E-state index is 13.9. The second-order valence-corrected chi connectivity index (χ2v) is 11.4. The summed E-state index contributed by atoms with van der Waals surface area (Å²) in [5.41, 5.74) is 2.93. The van der Waals surface area contributed by atoms with Crippen molar-refractivity contribution in [1.29, 1.82) is 0 Å². The van der Waals surface area contributed by atoms with E-state index in [0.717, 1.165) is 16.3 Å². The van der Waals surface area contributed by atoms with Crippen LogP contribution in [0.5, 0.6) is 11.5 Å². The van der Waals surface area contributed by atoms with E-state index < -0.39 is 10.0 Å². The van der Waals surface area contributed by atoms with Crippen molar-refractivity contribution in [1.82, 2.24) is 9.78 Å². The van der Waals surface area contributed by atoms with Crippen LogP contribution in [-0.2, 0) is 16.6 Å². The molecule has 6 aromatic rings. The molecular formula is C32H27N3O4S. The van der Waals surface area contributed by atoms with Crippen LogP contribution in [0.4, 0.5) is 5.69 Å². The van der Waals surface area contributed by atoms with E-state index >= 15 is 0 Å². The van der Waals surface area contributed by atoms with E-state index in [4.69, 9.17) is 0 Å².